The number of hydrogen-bond acceptors (Lipinski definition) is 4. The summed E-state index contributed by atoms with van der Waals surface area (Å²) >= 11 is 11.9. The van der Waals surface area contributed by atoms with E-state index in [4.69, 9.17) is 28.9 Å². The first-order valence-electron chi connectivity index (χ1n) is 14.2. The molecule has 10 heteroatoms. The van der Waals surface area contributed by atoms with E-state index in [-0.39, 0.29) is 33.3 Å². The van der Waals surface area contributed by atoms with E-state index in [1.807, 2.05) is 20.8 Å². The van der Waals surface area contributed by atoms with Crippen LogP contribution in [0, 0.1) is 23.1 Å². The molecule has 0 unspecified atom stereocenters. The molecular formula is C31H40Cl2F2N4O2. The summed E-state index contributed by atoms with van der Waals surface area (Å²) in [6, 6.07) is 1.53. The van der Waals surface area contributed by atoms with E-state index in [9.17, 15) is 18.4 Å². The van der Waals surface area contributed by atoms with Crippen molar-refractivity contribution in [2.45, 2.75) is 76.4 Å². The van der Waals surface area contributed by atoms with Crippen molar-refractivity contribution in [3.8, 4) is 0 Å². The number of nitrogens with two attached hydrogens (primary N) is 1. The molecule has 1 aromatic carbocycles. The SMILES string of the molecule is C=C(/C=C\C=C(\Cl)CF)[C@H]1[C@H](C(=O)NCC[C@H]2CC[C@H](N)C2)N[C@H](CC(C)(C)C)[C@]12C(=O)Nc1cc(Cl)c(F)cc12. The molecular weight excluding hydrogens is 569 g/mol. The molecule has 5 N–H and O–H groups in total. The second-order valence-electron chi connectivity index (χ2n) is 12.8. The van der Waals surface area contributed by atoms with E-state index in [0.29, 0.717) is 35.7 Å². The smallest absolute Gasteiger partial charge is 0.237 e. The Bertz CT molecular complexity index is 1260. The van der Waals surface area contributed by atoms with Gasteiger partial charge in [0.1, 0.15) is 17.9 Å². The van der Waals surface area contributed by atoms with Crippen molar-refractivity contribution < 1.29 is 18.4 Å². The average Bonchev–Trinajstić information content (AvgIpc) is 3.53. The maximum Gasteiger partial charge on any atom is 0.237 e. The first-order chi connectivity index (χ1) is 19.3. The van der Waals surface area contributed by atoms with Gasteiger partial charge in [-0.2, -0.15) is 0 Å². The fourth-order valence-corrected chi connectivity index (χ4v) is 7.03. The topological polar surface area (TPSA) is 96.2 Å². The predicted molar refractivity (Wildman–Crippen MR) is 161 cm³/mol. The third kappa shape index (κ3) is 6.56. The summed E-state index contributed by atoms with van der Waals surface area (Å²) < 4.78 is 27.9. The van der Waals surface area contributed by atoms with E-state index in [0.717, 1.165) is 25.7 Å². The summed E-state index contributed by atoms with van der Waals surface area (Å²) in [5.41, 5.74) is 5.74. The number of carbonyl (C=O) groups is 2. The minimum Gasteiger partial charge on any atom is -0.355 e. The number of alkyl halides is 1. The van der Waals surface area contributed by atoms with Crippen LogP contribution in [0.3, 0.4) is 0 Å². The molecule has 1 aliphatic carbocycles. The maximum atomic E-state index is 15.0. The van der Waals surface area contributed by atoms with Crippen molar-refractivity contribution in [3.05, 3.63) is 63.9 Å². The molecule has 0 aromatic heterocycles. The van der Waals surface area contributed by atoms with E-state index in [1.54, 1.807) is 12.2 Å². The predicted octanol–water partition coefficient (Wildman–Crippen LogP) is 5.90. The van der Waals surface area contributed by atoms with Crippen LogP contribution in [0.1, 0.15) is 58.4 Å². The first kappa shape index (κ1) is 31.7. The average molecular weight is 610 g/mol. The summed E-state index contributed by atoms with van der Waals surface area (Å²) in [6.45, 7) is 10.0. The Morgan fingerprint density at radius 1 is 1.32 bits per heavy atom. The van der Waals surface area contributed by atoms with Gasteiger partial charge in [-0.1, -0.05) is 62.7 Å². The van der Waals surface area contributed by atoms with E-state index in [1.165, 1.54) is 18.2 Å². The molecule has 1 aromatic rings. The van der Waals surface area contributed by atoms with Gasteiger partial charge >= 0.3 is 0 Å². The van der Waals surface area contributed by atoms with Crippen LogP contribution in [-0.2, 0) is 15.0 Å². The number of carbonyl (C=O) groups excluding carboxylic acids is 2. The van der Waals surface area contributed by atoms with Gasteiger partial charge in [0.05, 0.1) is 11.1 Å². The van der Waals surface area contributed by atoms with Crippen LogP contribution < -0.4 is 21.7 Å². The molecule has 4 rings (SSSR count). The van der Waals surface area contributed by atoms with Crippen LogP contribution >= 0.6 is 23.2 Å². The van der Waals surface area contributed by atoms with Crippen molar-refractivity contribution in [2.24, 2.45) is 23.0 Å². The molecule has 6 atom stereocenters. The molecule has 2 aliphatic heterocycles. The van der Waals surface area contributed by atoms with Gasteiger partial charge in [0.25, 0.3) is 0 Å². The Kier molecular flexibility index (Phi) is 9.69. The molecule has 3 aliphatic rings. The van der Waals surface area contributed by atoms with E-state index in [2.05, 4.69) is 22.5 Å². The monoisotopic (exact) mass is 608 g/mol. The number of amides is 2. The largest absolute Gasteiger partial charge is 0.355 e. The van der Waals surface area contributed by atoms with Gasteiger partial charge < -0.3 is 21.7 Å². The van der Waals surface area contributed by atoms with E-state index >= 15 is 0 Å². The minimum absolute atomic E-state index is 0.000474. The lowest BCUT2D eigenvalue weighted by Gasteiger charge is -2.37. The highest BCUT2D eigenvalue weighted by atomic mass is 35.5. The van der Waals surface area contributed by atoms with Gasteiger partial charge in [0.15, 0.2) is 0 Å². The highest BCUT2D eigenvalue weighted by Gasteiger charge is 2.65. The number of anilines is 1. The Labute approximate surface area is 251 Å². The van der Waals surface area contributed by atoms with Crippen molar-refractivity contribution in [2.75, 3.05) is 18.5 Å². The molecule has 1 saturated heterocycles. The van der Waals surface area contributed by atoms with Gasteiger partial charge in [-0.3, -0.25) is 9.59 Å². The number of fused-ring (bicyclic) bond motifs is 2. The summed E-state index contributed by atoms with van der Waals surface area (Å²) in [6.07, 6.45) is 8.87. The second-order valence-corrected chi connectivity index (χ2v) is 13.7. The number of halogens is 4. The van der Waals surface area contributed by atoms with Crippen molar-refractivity contribution in [1.82, 2.24) is 10.6 Å². The van der Waals surface area contributed by atoms with Crippen LogP contribution in [0.4, 0.5) is 14.5 Å². The zero-order chi connectivity index (χ0) is 30.1. The Morgan fingerprint density at radius 3 is 2.68 bits per heavy atom. The Balaban J connectivity index is 1.76. The molecule has 2 fully saturated rings. The molecule has 0 radical (unpaired) electrons. The molecule has 6 nitrogen and oxygen atoms in total. The third-order valence-electron chi connectivity index (χ3n) is 8.53. The highest BCUT2D eigenvalue weighted by Crippen LogP contribution is 2.55. The lowest BCUT2D eigenvalue weighted by atomic mass is 9.62. The van der Waals surface area contributed by atoms with Crippen LogP contribution in [0.2, 0.25) is 5.02 Å². The molecule has 2 amide bonds. The third-order valence-corrected chi connectivity index (χ3v) is 9.05. The quantitative estimate of drug-likeness (QED) is 0.262. The van der Waals surface area contributed by atoms with Crippen molar-refractivity contribution in [1.29, 1.82) is 0 Å². The standard InChI is InChI=1S/C31H40Cl2F2N4O2/c1-17(6-5-7-19(32)16-34)26-27(28(40)37-11-10-18-8-9-20(36)12-18)39-25(15-30(2,3)4)31(26)21-13-23(35)22(33)14-24(21)38-29(31)41/h5-7,13-14,18,20,25-27,39H,1,8-12,15-16,36H2,2-4H3,(H,37,40)(H,38,41)/b6-5-,19-7+/t18-,20+,25-,26+,27-,31+/m1/s1. The maximum absolute atomic E-state index is 15.0. The normalized spacial score (nSPS) is 29.8. The molecule has 0 bridgehead atoms. The van der Waals surface area contributed by atoms with Gasteiger partial charge in [0, 0.05) is 35.3 Å². The lowest BCUT2D eigenvalue weighted by Crippen LogP contribution is -2.50. The zero-order valence-corrected chi connectivity index (χ0v) is 25.3. The number of hydrogen-bond donors (Lipinski definition) is 4. The van der Waals surface area contributed by atoms with Gasteiger partial charge in [0.2, 0.25) is 11.8 Å². The fraction of sp³-hybridized carbons (Fsp3) is 0.548. The molecule has 2 heterocycles. The molecule has 41 heavy (non-hydrogen) atoms. The lowest BCUT2D eigenvalue weighted by molar-refractivity contribution is -0.124. The molecule has 1 saturated carbocycles. The first-order valence-corrected chi connectivity index (χ1v) is 14.9. The summed E-state index contributed by atoms with van der Waals surface area (Å²) in [5, 5.41) is 9.33. The van der Waals surface area contributed by atoms with Crippen molar-refractivity contribution >= 4 is 40.7 Å². The van der Waals surface area contributed by atoms with Gasteiger partial charge in [-0.15, -0.1) is 0 Å². The number of nitrogens with one attached hydrogen (secondary N) is 3. The summed E-state index contributed by atoms with van der Waals surface area (Å²) in [7, 11) is 0. The minimum atomic E-state index is -1.36. The summed E-state index contributed by atoms with van der Waals surface area (Å²) in [5.74, 6) is -1.61. The Morgan fingerprint density at radius 2 is 2.05 bits per heavy atom. The van der Waals surface area contributed by atoms with Gasteiger partial charge in [-0.05, 0) is 72.8 Å². The molecule has 1 spiro atoms. The Hall–Kier alpha value is -2.26. The number of allylic oxidation sites excluding steroid dienone is 4. The molecule has 224 valence electrons. The summed E-state index contributed by atoms with van der Waals surface area (Å²) in [4.78, 5) is 27.9. The zero-order valence-electron chi connectivity index (χ0n) is 23.8. The van der Waals surface area contributed by atoms with Crippen LogP contribution in [0.5, 0.6) is 0 Å². The fourth-order valence-electron chi connectivity index (χ4n) is 6.79. The second kappa shape index (κ2) is 12.5. The van der Waals surface area contributed by atoms with Crippen molar-refractivity contribution in [3.63, 3.8) is 0 Å². The van der Waals surface area contributed by atoms with Gasteiger partial charge in [-0.25, -0.2) is 8.78 Å². The van der Waals surface area contributed by atoms with Crippen LogP contribution in [0.25, 0.3) is 0 Å². The number of benzene rings is 1. The van der Waals surface area contributed by atoms with Crippen LogP contribution in [0.15, 0.2) is 47.5 Å². The van der Waals surface area contributed by atoms with E-state index < -0.39 is 35.9 Å². The highest BCUT2D eigenvalue weighted by molar-refractivity contribution is 6.31. The van der Waals surface area contributed by atoms with Crippen LogP contribution in [-0.4, -0.2) is 43.2 Å². The number of rotatable bonds is 9.